The van der Waals surface area contributed by atoms with Crippen molar-refractivity contribution in [2.24, 2.45) is 7.05 Å². The molecule has 0 bridgehead atoms. The summed E-state index contributed by atoms with van der Waals surface area (Å²) in [5, 5.41) is 7.84. The first-order chi connectivity index (χ1) is 31.7. The van der Waals surface area contributed by atoms with Crippen LogP contribution in [0, 0.1) is 0 Å². The lowest BCUT2D eigenvalue weighted by Gasteiger charge is -2.25. The molecule has 0 N–H and O–H groups in total. The summed E-state index contributed by atoms with van der Waals surface area (Å²) in [5.41, 5.74) is 27.1. The van der Waals surface area contributed by atoms with Crippen molar-refractivity contribution >= 4 is 32.3 Å². The van der Waals surface area contributed by atoms with Gasteiger partial charge in [0.2, 0.25) is 0 Å². The first kappa shape index (κ1) is 38.3. The van der Waals surface area contributed by atoms with Crippen LogP contribution in [0.2, 0.25) is 0 Å². The zero-order chi connectivity index (χ0) is 45.0. The average molecular weight is 848 g/mol. The van der Waals surface area contributed by atoms with Gasteiger partial charge in [-0.15, -0.1) is 0 Å². The Hall–Kier alpha value is -6.96. The van der Waals surface area contributed by atoms with Crippen molar-refractivity contribution in [2.45, 2.75) is 77.0 Å². The van der Waals surface area contributed by atoms with Gasteiger partial charge >= 0.3 is 0 Å². The lowest BCUT2D eigenvalue weighted by Crippen LogP contribution is -2.17. The molecule has 14 rings (SSSR count). The van der Waals surface area contributed by atoms with Gasteiger partial charge in [0.15, 0.2) is 0 Å². The maximum atomic E-state index is 2.58. The van der Waals surface area contributed by atoms with Crippen molar-refractivity contribution in [1.29, 1.82) is 0 Å². The van der Waals surface area contributed by atoms with Crippen LogP contribution in [0.5, 0.6) is 0 Å². The normalized spacial score (nSPS) is 16.7. The Labute approximate surface area is 388 Å². The highest BCUT2D eigenvalue weighted by atomic mass is 15.0. The highest BCUT2D eigenvalue weighted by Crippen LogP contribution is 2.61. The molecule has 1 aromatic heterocycles. The van der Waals surface area contributed by atoms with E-state index in [1.807, 2.05) is 0 Å². The van der Waals surface area contributed by atoms with Crippen molar-refractivity contribution in [3.05, 3.63) is 202 Å². The SMILES string of the molecule is Cn1c(-c2cc3c(c4ccccc24)-c2cc4c(cc2C3(C)C)-c2ccccc2C4(C)C)c2ccccc2c1-c1cc2c(c3ccccc13)-c1cc3c(cc1C2(C)C)-c1ccccc1C3(C)C. The van der Waals surface area contributed by atoms with Gasteiger partial charge in [-0.05, 0) is 147 Å². The van der Waals surface area contributed by atoms with E-state index < -0.39 is 0 Å². The Morgan fingerprint density at radius 3 is 0.955 bits per heavy atom. The molecule has 66 heavy (non-hydrogen) atoms. The van der Waals surface area contributed by atoms with Gasteiger partial charge in [0, 0.05) is 50.6 Å². The molecular formula is C65H53N. The minimum Gasteiger partial charge on any atom is -0.343 e. The molecule has 0 saturated heterocycles. The van der Waals surface area contributed by atoms with E-state index in [2.05, 4.69) is 225 Å². The fraction of sp³-hybridized carbons (Fsp3) is 0.200. The van der Waals surface area contributed by atoms with Crippen molar-refractivity contribution in [2.75, 3.05) is 0 Å². The fourth-order valence-corrected chi connectivity index (χ4v) is 14.0. The highest BCUT2D eigenvalue weighted by molar-refractivity contribution is 6.18. The number of nitrogens with zero attached hydrogens (tertiary/aromatic N) is 1. The zero-order valence-corrected chi connectivity index (χ0v) is 39.5. The van der Waals surface area contributed by atoms with Crippen LogP contribution >= 0.6 is 0 Å². The van der Waals surface area contributed by atoms with Crippen LogP contribution < -0.4 is 0 Å². The molecule has 0 radical (unpaired) electrons. The van der Waals surface area contributed by atoms with E-state index in [0.29, 0.717) is 0 Å². The second kappa shape index (κ2) is 12.3. The molecule has 0 spiro atoms. The molecule has 0 fully saturated rings. The van der Waals surface area contributed by atoms with Crippen molar-refractivity contribution < 1.29 is 0 Å². The van der Waals surface area contributed by atoms with E-state index in [0.717, 1.165) is 0 Å². The number of aromatic nitrogens is 1. The number of hydrogen-bond acceptors (Lipinski definition) is 0. The smallest absolute Gasteiger partial charge is 0.0568 e. The van der Waals surface area contributed by atoms with E-state index in [1.165, 1.54) is 144 Å². The topological polar surface area (TPSA) is 4.93 Å². The van der Waals surface area contributed by atoms with Crippen LogP contribution in [0.15, 0.2) is 158 Å². The first-order valence-electron chi connectivity index (χ1n) is 24.0. The van der Waals surface area contributed by atoms with Crippen molar-refractivity contribution in [3.8, 4) is 67.0 Å². The summed E-state index contributed by atoms with van der Waals surface area (Å²) in [5.74, 6) is 0. The van der Waals surface area contributed by atoms with Crippen LogP contribution in [0.4, 0.5) is 0 Å². The van der Waals surface area contributed by atoms with Crippen LogP contribution in [0.25, 0.3) is 99.3 Å². The van der Waals surface area contributed by atoms with Gasteiger partial charge in [0.05, 0.1) is 11.4 Å². The molecule has 4 aliphatic carbocycles. The van der Waals surface area contributed by atoms with E-state index >= 15 is 0 Å². The number of benzene rings is 9. The maximum absolute atomic E-state index is 2.58. The molecule has 1 heteroatoms. The quantitative estimate of drug-likeness (QED) is 0.163. The molecule has 318 valence electrons. The lowest BCUT2D eigenvalue weighted by atomic mass is 9.79. The molecule has 0 unspecified atom stereocenters. The first-order valence-corrected chi connectivity index (χ1v) is 24.0. The van der Waals surface area contributed by atoms with Gasteiger partial charge < -0.3 is 4.57 Å². The van der Waals surface area contributed by atoms with Gasteiger partial charge in [-0.25, -0.2) is 0 Å². The Bertz CT molecular complexity index is 3620. The molecular weight excluding hydrogens is 795 g/mol. The predicted octanol–water partition coefficient (Wildman–Crippen LogP) is 17.0. The second-order valence-electron chi connectivity index (χ2n) is 22.1. The standard InChI is InChI=1S/C65H53N/c1-62(2)50-28-18-16-22-38(50)44-30-54-48(34-52(44)62)58-40-24-12-10-20-36(40)46(32-56(58)64(54,5)6)60-42-26-14-15-27-43(42)61(66(60)9)47-33-57-59(41-25-13-11-21-37(41)47)49-35-53-45(31-55(49)65(57,7)8)39-23-17-19-29-51(39)63(53,3)4/h10-35H,1-9H3. The average Bonchev–Trinajstić information content (AvgIpc) is 3.98. The molecule has 0 saturated carbocycles. The Morgan fingerprint density at radius 1 is 0.258 bits per heavy atom. The summed E-state index contributed by atoms with van der Waals surface area (Å²) in [6.45, 7) is 19.4. The second-order valence-corrected chi connectivity index (χ2v) is 22.1. The molecule has 0 amide bonds. The van der Waals surface area contributed by atoms with Gasteiger partial charge in [0.25, 0.3) is 0 Å². The van der Waals surface area contributed by atoms with Crippen LogP contribution in [-0.2, 0) is 28.7 Å². The maximum Gasteiger partial charge on any atom is 0.0568 e. The van der Waals surface area contributed by atoms with Crippen molar-refractivity contribution in [3.63, 3.8) is 0 Å². The molecule has 0 atom stereocenters. The number of rotatable bonds is 2. The summed E-state index contributed by atoms with van der Waals surface area (Å²) in [4.78, 5) is 0. The largest absolute Gasteiger partial charge is 0.343 e. The van der Waals surface area contributed by atoms with Crippen LogP contribution in [-0.4, -0.2) is 4.57 Å². The van der Waals surface area contributed by atoms with Crippen LogP contribution in [0.3, 0.4) is 0 Å². The Kier molecular flexibility index (Phi) is 7.13. The Morgan fingerprint density at radius 2 is 0.545 bits per heavy atom. The third kappa shape index (κ3) is 4.48. The van der Waals surface area contributed by atoms with E-state index in [-0.39, 0.29) is 21.7 Å². The monoisotopic (exact) mass is 847 g/mol. The van der Waals surface area contributed by atoms with Gasteiger partial charge in [-0.3, -0.25) is 0 Å². The third-order valence-electron chi connectivity index (χ3n) is 17.4. The molecule has 1 nitrogen and oxygen atoms in total. The number of fused-ring (bicyclic) bond motifs is 17. The lowest BCUT2D eigenvalue weighted by molar-refractivity contribution is 0.652. The summed E-state index contributed by atoms with van der Waals surface area (Å²) in [6, 6.07) is 61.1. The minimum atomic E-state index is -0.196. The summed E-state index contributed by atoms with van der Waals surface area (Å²) in [7, 11) is 2.32. The van der Waals surface area contributed by atoms with E-state index in [4.69, 9.17) is 0 Å². The molecule has 0 aliphatic heterocycles. The highest BCUT2D eigenvalue weighted by Gasteiger charge is 2.45. The van der Waals surface area contributed by atoms with Crippen molar-refractivity contribution in [1.82, 2.24) is 4.57 Å². The van der Waals surface area contributed by atoms with Gasteiger partial charge in [-0.2, -0.15) is 0 Å². The zero-order valence-electron chi connectivity index (χ0n) is 39.5. The molecule has 4 aliphatic rings. The Balaban J connectivity index is 1.00. The summed E-state index contributed by atoms with van der Waals surface area (Å²) < 4.78 is 2.54. The predicted molar refractivity (Wildman–Crippen MR) is 279 cm³/mol. The number of hydrogen-bond donors (Lipinski definition) is 0. The van der Waals surface area contributed by atoms with E-state index in [1.54, 1.807) is 0 Å². The summed E-state index contributed by atoms with van der Waals surface area (Å²) >= 11 is 0. The van der Waals surface area contributed by atoms with Gasteiger partial charge in [0.1, 0.15) is 0 Å². The van der Waals surface area contributed by atoms with Crippen LogP contribution in [0.1, 0.15) is 99.9 Å². The van der Waals surface area contributed by atoms with Gasteiger partial charge in [-0.1, -0.05) is 177 Å². The summed E-state index contributed by atoms with van der Waals surface area (Å²) in [6.07, 6.45) is 0. The fourth-order valence-electron chi connectivity index (χ4n) is 14.0. The molecule has 9 aromatic carbocycles. The third-order valence-corrected chi connectivity index (χ3v) is 17.4. The van der Waals surface area contributed by atoms with E-state index in [9.17, 15) is 0 Å². The molecule has 1 heterocycles. The minimum absolute atomic E-state index is 0.0646. The molecule has 10 aromatic rings.